The highest BCUT2D eigenvalue weighted by Crippen LogP contribution is 2.47. The third-order valence-electron chi connectivity index (χ3n) is 14.3. The van der Waals surface area contributed by atoms with Crippen molar-refractivity contribution in [3.63, 3.8) is 0 Å². The molecule has 72 heavy (non-hydrogen) atoms. The van der Waals surface area contributed by atoms with E-state index >= 15 is 0 Å². The molecule has 4 aliphatic heterocycles. The van der Waals surface area contributed by atoms with E-state index in [-0.39, 0.29) is 72.9 Å². The molecule has 4 fully saturated rings. The summed E-state index contributed by atoms with van der Waals surface area (Å²) in [6.07, 6.45) is 3.94. The van der Waals surface area contributed by atoms with Gasteiger partial charge in [-0.3, -0.25) is 19.2 Å². The number of rotatable bonds is 21. The van der Waals surface area contributed by atoms with Gasteiger partial charge in [-0.15, -0.1) is 28.6 Å². The predicted molar refractivity (Wildman–Crippen MR) is 291 cm³/mol. The molecule has 6 N–H and O–H groups in total. The Labute approximate surface area is 443 Å². The molecule has 4 saturated heterocycles. The van der Waals surface area contributed by atoms with Crippen LogP contribution in [0, 0.1) is 10.8 Å². The summed E-state index contributed by atoms with van der Waals surface area (Å²) in [5, 5.41) is 27.9. The molecule has 4 aliphatic rings. The third-order valence-corrected chi connectivity index (χ3v) is 17.8. The van der Waals surface area contributed by atoms with E-state index in [1.54, 1.807) is 39.3 Å². The van der Waals surface area contributed by atoms with E-state index in [1.165, 1.54) is 0 Å². The molecule has 0 radical (unpaired) electrons. The molecule has 5 heterocycles. The van der Waals surface area contributed by atoms with Gasteiger partial charge in [0, 0.05) is 5.41 Å². The van der Waals surface area contributed by atoms with Gasteiger partial charge in [0.25, 0.3) is 0 Å². The second-order valence-electron chi connectivity index (χ2n) is 20.6. The number of carbonyl (C=O) groups excluding carboxylic acids is 4. The first kappa shape index (κ1) is 55.5. The Bertz CT molecular complexity index is 2360. The standard InChI is InChI=1S/C51H73N11O6S4/c1-31(52-7)45(69)55-37-19-23-71-40-25-50(3,4)42(61(40)47(37)65)44(64)54-39(34-17-13-10-14-18-34)30-67-22-21-60-27-35(58-59-60)28-68-29-36(33-15-11-9-12-16-33)43(63)57-49-51(5,6)26-41-62(49)48(66)38(20-24-72-41)56-46(70)32(2)53-8/h9-18,27,31-32,36-42,49,52-53H,19-26,28-30H2,1-8H3,(H,54,64)(H,55,69)(H,56,70)(H,57,63)/t31-,32-,36+,37-,38-,39+,40-,41-,42+,49-/m0/s1. The number of amides is 4. The van der Waals surface area contributed by atoms with Gasteiger partial charge in [0.05, 0.1) is 83.9 Å². The Morgan fingerprint density at radius 1 is 0.764 bits per heavy atom. The number of fused-ring (bicyclic) bond motifs is 2. The van der Waals surface area contributed by atoms with Gasteiger partial charge >= 0.3 is 0 Å². The van der Waals surface area contributed by atoms with Gasteiger partial charge in [-0.2, -0.15) is 0 Å². The van der Waals surface area contributed by atoms with Crippen molar-refractivity contribution in [2.75, 3.05) is 45.4 Å². The monoisotopic (exact) mass is 1060 g/mol. The molecule has 2 aromatic carbocycles. The van der Waals surface area contributed by atoms with Crippen molar-refractivity contribution in [1.29, 1.82) is 0 Å². The maximum atomic E-state index is 14.5. The van der Waals surface area contributed by atoms with E-state index < -0.39 is 47.1 Å². The fraction of sp³-hybridized carbons (Fsp3) is 0.608. The molecule has 4 amide bonds. The summed E-state index contributed by atoms with van der Waals surface area (Å²) < 4.78 is 14.1. The lowest BCUT2D eigenvalue weighted by Gasteiger charge is -2.36. The Kier molecular flexibility index (Phi) is 19.2. The Hall–Kier alpha value is -4.22. The van der Waals surface area contributed by atoms with Crippen LogP contribution in [0.1, 0.15) is 96.0 Å². The van der Waals surface area contributed by atoms with Gasteiger partial charge in [0.2, 0.25) is 23.6 Å². The fourth-order valence-electron chi connectivity index (χ4n) is 9.90. The summed E-state index contributed by atoms with van der Waals surface area (Å²) >= 11 is 14.7. The molecule has 0 spiro atoms. The predicted octanol–water partition coefficient (Wildman–Crippen LogP) is 4.49. The number of nitrogens with zero attached hydrogens (tertiary/aromatic N) is 5. The highest BCUT2D eigenvalue weighted by molar-refractivity contribution is 8.00. The zero-order valence-electron chi connectivity index (χ0n) is 42.7. The second kappa shape index (κ2) is 24.9. The van der Waals surface area contributed by atoms with E-state index in [9.17, 15) is 19.2 Å². The van der Waals surface area contributed by atoms with Gasteiger partial charge in [0.15, 0.2) is 0 Å². The quantitative estimate of drug-likeness (QED) is 0.0645. The van der Waals surface area contributed by atoms with E-state index in [1.807, 2.05) is 93.5 Å². The number of hydrogen-bond acceptors (Lipinski definition) is 14. The van der Waals surface area contributed by atoms with Crippen LogP contribution in [-0.4, -0.2) is 151 Å². The smallest absolute Gasteiger partial charge is 0.247 e. The number of aromatic nitrogens is 3. The lowest BCUT2D eigenvalue weighted by molar-refractivity contribution is -0.142. The van der Waals surface area contributed by atoms with Crippen molar-refractivity contribution in [2.45, 2.75) is 139 Å². The number of benzene rings is 2. The Morgan fingerprint density at radius 3 is 1.92 bits per heavy atom. The van der Waals surface area contributed by atoms with Crippen LogP contribution in [0.5, 0.6) is 0 Å². The SMILES string of the molecule is CN[C@@H](C)C(=S)N[C@H]1CCS[C@H]2CC(C)(C)[C@@H](NC(=O)[C@H](COCc3cn(CCOC[C@@H](NC(=O)[C@H]4N5C(=O)[C@@H](NC(=S)[C@H](C)NC)CCS[C@H]5CC4(C)C)c4ccccc4)nn3)c3ccccc3)N2C1=O. The number of carbonyl (C=O) groups is 4. The van der Waals surface area contributed by atoms with E-state index in [2.05, 4.69) is 69.9 Å². The van der Waals surface area contributed by atoms with Crippen molar-refractivity contribution >= 4 is 81.6 Å². The molecular weight excluding hydrogens is 991 g/mol. The van der Waals surface area contributed by atoms with Gasteiger partial charge in [0.1, 0.15) is 30.0 Å². The number of thiocarbonyl (C=S) groups is 2. The number of ether oxygens (including phenoxy) is 2. The molecule has 21 heteroatoms. The summed E-state index contributed by atoms with van der Waals surface area (Å²) in [5.74, 6) is 0.278. The number of nitrogens with one attached hydrogen (secondary N) is 6. The molecule has 0 saturated carbocycles. The molecule has 0 bridgehead atoms. The first-order valence-electron chi connectivity index (χ1n) is 25.0. The lowest BCUT2D eigenvalue weighted by Crippen LogP contribution is -2.59. The van der Waals surface area contributed by atoms with Gasteiger partial charge in [-0.05, 0) is 81.7 Å². The Balaban J connectivity index is 0.945. The zero-order valence-corrected chi connectivity index (χ0v) is 46.0. The van der Waals surface area contributed by atoms with E-state index in [0.29, 0.717) is 41.5 Å². The Morgan fingerprint density at radius 2 is 1.32 bits per heavy atom. The van der Waals surface area contributed by atoms with Gasteiger partial charge in [-0.1, -0.05) is 118 Å². The average Bonchev–Trinajstić information content (AvgIpc) is 3.94. The van der Waals surface area contributed by atoms with Crippen molar-refractivity contribution in [3.05, 3.63) is 83.7 Å². The summed E-state index contributed by atoms with van der Waals surface area (Å²) in [7, 11) is 3.66. The second-order valence-corrected chi connectivity index (χ2v) is 24.0. The van der Waals surface area contributed by atoms with Crippen LogP contribution in [0.4, 0.5) is 0 Å². The maximum absolute atomic E-state index is 14.5. The number of thioether (sulfide) groups is 2. The van der Waals surface area contributed by atoms with Crippen LogP contribution < -0.4 is 31.9 Å². The molecule has 7 rings (SSSR count). The van der Waals surface area contributed by atoms with Crippen molar-refractivity contribution in [3.8, 4) is 0 Å². The van der Waals surface area contributed by atoms with Gasteiger partial charge < -0.3 is 51.2 Å². The van der Waals surface area contributed by atoms with Crippen LogP contribution >= 0.6 is 48.0 Å². The van der Waals surface area contributed by atoms with E-state index in [0.717, 1.165) is 29.1 Å². The van der Waals surface area contributed by atoms with Crippen LogP contribution in [0.25, 0.3) is 0 Å². The van der Waals surface area contributed by atoms with Crippen LogP contribution in [0.3, 0.4) is 0 Å². The van der Waals surface area contributed by atoms with Crippen molar-refractivity contribution < 1.29 is 28.7 Å². The number of hydrogen-bond donors (Lipinski definition) is 6. The summed E-state index contributed by atoms with van der Waals surface area (Å²) in [6.45, 7) is 13.3. The highest BCUT2D eigenvalue weighted by Gasteiger charge is 2.55. The lowest BCUT2D eigenvalue weighted by atomic mass is 9.83. The molecule has 0 unspecified atom stereocenters. The average molecular weight is 1060 g/mol. The molecule has 3 aromatic rings. The normalized spacial score (nSPS) is 25.2. The van der Waals surface area contributed by atoms with Gasteiger partial charge in [-0.25, -0.2) is 4.68 Å². The summed E-state index contributed by atoms with van der Waals surface area (Å²) in [4.78, 5) is 62.2. The first-order valence-corrected chi connectivity index (χ1v) is 27.9. The molecule has 10 atom stereocenters. The first-order chi connectivity index (χ1) is 34.4. The molecule has 17 nitrogen and oxygen atoms in total. The molecule has 392 valence electrons. The van der Waals surface area contributed by atoms with Crippen LogP contribution in [-0.2, 0) is 41.8 Å². The third kappa shape index (κ3) is 13.4. The largest absolute Gasteiger partial charge is 0.377 e. The molecule has 1 aromatic heterocycles. The molecule has 0 aliphatic carbocycles. The van der Waals surface area contributed by atoms with E-state index in [4.69, 9.17) is 33.9 Å². The highest BCUT2D eigenvalue weighted by atomic mass is 32.2. The fourth-order valence-corrected chi connectivity index (χ4v) is 13.6. The van der Waals surface area contributed by atoms with Crippen LogP contribution in [0.15, 0.2) is 66.9 Å². The van der Waals surface area contributed by atoms with Crippen molar-refractivity contribution in [1.82, 2.24) is 56.7 Å². The van der Waals surface area contributed by atoms with Crippen LogP contribution in [0.2, 0.25) is 0 Å². The maximum Gasteiger partial charge on any atom is 0.247 e. The topological polar surface area (TPSA) is 196 Å². The van der Waals surface area contributed by atoms with Crippen molar-refractivity contribution in [2.24, 2.45) is 10.8 Å². The minimum absolute atomic E-state index is 0.0634. The minimum Gasteiger partial charge on any atom is -0.377 e. The number of likely N-dealkylation sites (N-methyl/N-ethyl adjacent to an activating group) is 2. The molecular formula is C51H73N11O6S4. The minimum atomic E-state index is -0.690. The zero-order chi connectivity index (χ0) is 51.7. The summed E-state index contributed by atoms with van der Waals surface area (Å²) in [5.41, 5.74) is 1.40. The summed E-state index contributed by atoms with van der Waals surface area (Å²) in [6, 6.07) is 16.9.